The van der Waals surface area contributed by atoms with Crippen molar-refractivity contribution < 1.29 is 9.53 Å². The molecular weight excluding hydrogens is 384 g/mol. The highest BCUT2D eigenvalue weighted by atomic mass is 32.1. The van der Waals surface area contributed by atoms with Crippen molar-refractivity contribution in [1.82, 2.24) is 20.1 Å². The molecule has 5 rings (SSSR count). The minimum atomic E-state index is -0.223. The fraction of sp³-hybridized carbons (Fsp3) is 0.409. The van der Waals surface area contributed by atoms with E-state index in [1.807, 2.05) is 47.8 Å². The summed E-state index contributed by atoms with van der Waals surface area (Å²) in [6.07, 6.45) is 2.36. The quantitative estimate of drug-likeness (QED) is 0.710. The number of carbonyl (C=O) groups is 1. The van der Waals surface area contributed by atoms with Crippen LogP contribution in [0.1, 0.15) is 37.3 Å². The van der Waals surface area contributed by atoms with E-state index >= 15 is 0 Å². The Morgan fingerprint density at radius 3 is 2.83 bits per heavy atom. The lowest BCUT2D eigenvalue weighted by molar-refractivity contribution is -0.189. The lowest BCUT2D eigenvalue weighted by Crippen LogP contribution is -2.70. The van der Waals surface area contributed by atoms with E-state index in [-0.39, 0.29) is 29.3 Å². The zero-order valence-electron chi connectivity index (χ0n) is 16.5. The van der Waals surface area contributed by atoms with Crippen molar-refractivity contribution >= 4 is 17.2 Å². The number of ether oxygens (including phenoxy) is 1. The number of para-hydroxylation sites is 1. The molecule has 0 spiro atoms. The summed E-state index contributed by atoms with van der Waals surface area (Å²) >= 11 is 1.58. The van der Waals surface area contributed by atoms with Gasteiger partial charge >= 0.3 is 0 Å². The summed E-state index contributed by atoms with van der Waals surface area (Å²) < 4.78 is 7.70. The van der Waals surface area contributed by atoms with Crippen LogP contribution in [0.15, 0.2) is 47.8 Å². The molecule has 3 atom stereocenters. The molecule has 1 aliphatic heterocycles. The normalized spacial score (nSPS) is 25.1. The number of carbonyl (C=O) groups excluding carboxylic acids is 1. The molecule has 0 bridgehead atoms. The zero-order valence-corrected chi connectivity index (χ0v) is 17.4. The van der Waals surface area contributed by atoms with Crippen molar-refractivity contribution in [2.24, 2.45) is 11.3 Å². The largest absolute Gasteiger partial charge is 0.377 e. The smallest absolute Gasteiger partial charge is 0.291 e. The highest BCUT2D eigenvalue weighted by molar-refractivity contribution is 7.13. The summed E-state index contributed by atoms with van der Waals surface area (Å²) in [7, 11) is 0. The highest BCUT2D eigenvalue weighted by Crippen LogP contribution is 2.51. The lowest BCUT2D eigenvalue weighted by atomic mass is 9.55. The molecule has 3 aromatic rings. The maximum absolute atomic E-state index is 13.1. The summed E-state index contributed by atoms with van der Waals surface area (Å²) in [6, 6.07) is 13.8. The first-order chi connectivity index (χ1) is 14.1. The van der Waals surface area contributed by atoms with Gasteiger partial charge in [0.05, 0.1) is 16.7 Å². The molecule has 6 nitrogen and oxygen atoms in total. The van der Waals surface area contributed by atoms with Crippen LogP contribution in [0.2, 0.25) is 0 Å². The zero-order chi connectivity index (χ0) is 20.0. The van der Waals surface area contributed by atoms with Gasteiger partial charge in [0.2, 0.25) is 5.82 Å². The Kier molecular flexibility index (Phi) is 4.52. The summed E-state index contributed by atoms with van der Waals surface area (Å²) in [5.74, 6) is 1.03. The monoisotopic (exact) mass is 408 g/mol. The lowest BCUT2D eigenvalue weighted by Gasteiger charge is -2.59. The Morgan fingerprint density at radius 2 is 2.07 bits per heavy atom. The van der Waals surface area contributed by atoms with Gasteiger partial charge in [0, 0.05) is 24.0 Å². The molecular formula is C22H24N4O2S. The van der Waals surface area contributed by atoms with E-state index in [1.54, 1.807) is 16.0 Å². The summed E-state index contributed by atoms with van der Waals surface area (Å²) in [6.45, 7) is 5.15. The second-order valence-electron chi connectivity index (χ2n) is 8.35. The van der Waals surface area contributed by atoms with Crippen LogP contribution in [-0.2, 0) is 4.74 Å². The molecule has 29 heavy (non-hydrogen) atoms. The van der Waals surface area contributed by atoms with E-state index in [0.717, 1.165) is 30.0 Å². The minimum absolute atomic E-state index is 0.0779. The second-order valence-corrected chi connectivity index (χ2v) is 9.30. The molecule has 1 aromatic carbocycles. The van der Waals surface area contributed by atoms with Crippen LogP contribution in [0.5, 0.6) is 0 Å². The molecule has 0 radical (unpaired) electrons. The average molecular weight is 409 g/mol. The van der Waals surface area contributed by atoms with Gasteiger partial charge in [-0.05, 0) is 36.4 Å². The van der Waals surface area contributed by atoms with Crippen molar-refractivity contribution in [1.29, 1.82) is 0 Å². The molecule has 2 fully saturated rings. The van der Waals surface area contributed by atoms with Gasteiger partial charge in [-0.3, -0.25) is 4.79 Å². The summed E-state index contributed by atoms with van der Waals surface area (Å²) in [5.41, 5.74) is 0.798. The van der Waals surface area contributed by atoms with Gasteiger partial charge in [0.15, 0.2) is 5.82 Å². The van der Waals surface area contributed by atoms with Crippen LogP contribution >= 0.6 is 11.3 Å². The molecule has 1 saturated heterocycles. The van der Waals surface area contributed by atoms with Gasteiger partial charge in [0.1, 0.15) is 0 Å². The number of hydrogen-bond acceptors (Lipinski definition) is 5. The van der Waals surface area contributed by atoms with E-state index in [0.29, 0.717) is 11.7 Å². The second kappa shape index (κ2) is 7.07. The first kappa shape index (κ1) is 18.5. The maximum Gasteiger partial charge on any atom is 0.291 e. The van der Waals surface area contributed by atoms with Crippen molar-refractivity contribution in [2.45, 2.75) is 38.8 Å². The number of nitrogens with one attached hydrogen (secondary N) is 1. The number of hydrogen-bond donors (Lipinski definition) is 1. The van der Waals surface area contributed by atoms with E-state index in [9.17, 15) is 4.79 Å². The van der Waals surface area contributed by atoms with Crippen LogP contribution in [0, 0.1) is 11.3 Å². The van der Waals surface area contributed by atoms with Crippen molar-refractivity contribution in [3.05, 3.63) is 53.7 Å². The van der Waals surface area contributed by atoms with Crippen LogP contribution < -0.4 is 5.32 Å². The van der Waals surface area contributed by atoms with Gasteiger partial charge in [0.25, 0.3) is 5.91 Å². The molecule has 7 heteroatoms. The summed E-state index contributed by atoms with van der Waals surface area (Å²) in [4.78, 5) is 18.7. The Labute approximate surface area is 173 Å². The van der Waals surface area contributed by atoms with Crippen LogP contribution in [0.25, 0.3) is 16.4 Å². The van der Waals surface area contributed by atoms with Gasteiger partial charge < -0.3 is 10.1 Å². The number of amides is 1. The SMILES string of the molecule is CC1(C)[C@H](NC(=O)c2nc(-c3cccs3)n(-c3ccccc3)n2)[C@@H]2CCCO[C@@H]21. The predicted molar refractivity (Wildman–Crippen MR) is 112 cm³/mol. The maximum atomic E-state index is 13.1. The van der Waals surface area contributed by atoms with E-state index in [1.165, 1.54) is 0 Å². The van der Waals surface area contributed by atoms with Gasteiger partial charge in [-0.15, -0.1) is 16.4 Å². The number of fused-ring (bicyclic) bond motifs is 1. The number of nitrogens with zero attached hydrogens (tertiary/aromatic N) is 3. The fourth-order valence-corrected chi connectivity index (χ4v) is 5.44. The number of rotatable bonds is 4. The standard InChI is InChI=1S/C22H24N4O2S/c1-22(2)17(15-10-6-12-28-18(15)22)23-21(27)19-24-20(16-11-7-13-29-16)26(25-19)14-8-4-3-5-9-14/h3-5,7-9,11,13,15,17-18H,6,10,12H2,1-2H3,(H,23,27)/t15-,17+,18-/m0/s1. The Morgan fingerprint density at radius 1 is 1.24 bits per heavy atom. The van der Waals surface area contributed by atoms with Gasteiger partial charge in [-0.25, -0.2) is 9.67 Å². The Hall–Kier alpha value is -2.51. The van der Waals surface area contributed by atoms with Crippen molar-refractivity contribution in [2.75, 3.05) is 6.61 Å². The van der Waals surface area contributed by atoms with E-state index in [4.69, 9.17) is 4.74 Å². The summed E-state index contributed by atoms with van der Waals surface area (Å²) in [5, 5.41) is 9.77. The topological polar surface area (TPSA) is 69.0 Å². The molecule has 1 saturated carbocycles. The molecule has 1 aliphatic carbocycles. The molecule has 1 N–H and O–H groups in total. The van der Waals surface area contributed by atoms with E-state index in [2.05, 4.69) is 29.2 Å². The number of benzene rings is 1. The number of aromatic nitrogens is 3. The van der Waals surface area contributed by atoms with Crippen molar-refractivity contribution in [3.63, 3.8) is 0 Å². The van der Waals surface area contributed by atoms with Crippen LogP contribution in [0.4, 0.5) is 0 Å². The number of thiophene rings is 1. The molecule has 2 aliphatic rings. The van der Waals surface area contributed by atoms with Crippen LogP contribution in [-0.4, -0.2) is 39.4 Å². The molecule has 2 aromatic heterocycles. The third-order valence-electron chi connectivity index (χ3n) is 6.17. The molecule has 3 heterocycles. The predicted octanol–water partition coefficient (Wildman–Crippen LogP) is 3.93. The van der Waals surface area contributed by atoms with Crippen LogP contribution in [0.3, 0.4) is 0 Å². The first-order valence-electron chi connectivity index (χ1n) is 10.0. The fourth-order valence-electron chi connectivity index (χ4n) is 4.74. The molecule has 150 valence electrons. The third-order valence-corrected chi connectivity index (χ3v) is 7.04. The minimum Gasteiger partial charge on any atom is -0.377 e. The van der Waals surface area contributed by atoms with Gasteiger partial charge in [-0.2, -0.15) is 0 Å². The van der Waals surface area contributed by atoms with Gasteiger partial charge in [-0.1, -0.05) is 38.1 Å². The highest BCUT2D eigenvalue weighted by Gasteiger charge is 2.58. The molecule has 1 amide bonds. The Bertz CT molecular complexity index is 1010. The third kappa shape index (κ3) is 3.09. The van der Waals surface area contributed by atoms with Crippen molar-refractivity contribution in [3.8, 4) is 16.4 Å². The van der Waals surface area contributed by atoms with E-state index < -0.39 is 0 Å². The molecule has 0 unspecified atom stereocenters. The average Bonchev–Trinajstić information content (AvgIpc) is 3.42. The first-order valence-corrected chi connectivity index (χ1v) is 10.9. The Balaban J connectivity index is 1.45.